The molecule has 0 fully saturated rings. The van der Waals surface area contributed by atoms with Crippen molar-refractivity contribution < 1.29 is 27.6 Å². The highest BCUT2D eigenvalue weighted by atomic mass is 32.2. The van der Waals surface area contributed by atoms with Gasteiger partial charge in [0.25, 0.3) is 16.0 Å². The summed E-state index contributed by atoms with van der Waals surface area (Å²) in [6, 6.07) is 22.2. The quantitative estimate of drug-likeness (QED) is 0.0829. The van der Waals surface area contributed by atoms with Crippen LogP contribution in [0, 0.1) is 6.92 Å². The molecule has 0 saturated heterocycles. The van der Waals surface area contributed by atoms with Crippen molar-refractivity contribution in [2.45, 2.75) is 11.8 Å². The van der Waals surface area contributed by atoms with Gasteiger partial charge in [0.2, 0.25) is 0 Å². The zero-order chi connectivity index (χ0) is 28.9. The number of phenolic OH excluding ortho intramolecular Hbond substituents is 1. The largest absolute Gasteiger partial charge is 0.508 e. The molecule has 4 N–H and O–H groups in total. The number of ether oxygens (including phenoxy) is 1. The number of benzene rings is 4. The summed E-state index contributed by atoms with van der Waals surface area (Å²) in [5.74, 6) is 0.238. The molecule has 0 saturated carbocycles. The molecule has 4 aromatic carbocycles. The van der Waals surface area contributed by atoms with Gasteiger partial charge >= 0.3 is 0 Å². The smallest absolute Gasteiger partial charge is 0.294 e. The predicted octanol–water partition coefficient (Wildman–Crippen LogP) is 6.09. The van der Waals surface area contributed by atoms with E-state index in [-0.39, 0.29) is 16.6 Å². The zero-order valence-electron chi connectivity index (χ0n) is 21.9. The first-order chi connectivity index (χ1) is 19.0. The maximum absolute atomic E-state index is 12.9. The molecule has 11 nitrogen and oxygen atoms in total. The molecule has 0 heterocycles. The Morgan fingerprint density at radius 2 is 1.50 bits per heavy atom. The minimum atomic E-state index is -4.29. The van der Waals surface area contributed by atoms with Crippen LogP contribution in [0.4, 0.5) is 28.4 Å². The van der Waals surface area contributed by atoms with E-state index in [1.807, 2.05) is 14.0 Å². The van der Waals surface area contributed by atoms with E-state index in [0.29, 0.717) is 28.4 Å². The summed E-state index contributed by atoms with van der Waals surface area (Å²) in [5, 5.41) is 22.4. The number of aryl methyl sites for hydroxylation is 1. The van der Waals surface area contributed by atoms with E-state index in [0.717, 1.165) is 16.9 Å². The van der Waals surface area contributed by atoms with Crippen molar-refractivity contribution in [1.82, 2.24) is 0 Å². The fourth-order valence-corrected chi connectivity index (χ4v) is 4.18. The van der Waals surface area contributed by atoms with E-state index >= 15 is 0 Å². The van der Waals surface area contributed by atoms with Gasteiger partial charge in [-0.3, -0.25) is 19.8 Å². The van der Waals surface area contributed by atoms with E-state index in [4.69, 9.17) is 9.29 Å². The average Bonchev–Trinajstić information content (AvgIpc) is 2.93. The highest BCUT2D eigenvalue weighted by Crippen LogP contribution is 2.31. The Kier molecular flexibility index (Phi) is 8.31. The van der Waals surface area contributed by atoms with Gasteiger partial charge < -0.3 is 15.2 Å². The Hall–Kier alpha value is -4.94. The number of azo groups is 1. The van der Waals surface area contributed by atoms with Crippen molar-refractivity contribution in [1.29, 1.82) is 0 Å². The van der Waals surface area contributed by atoms with Crippen LogP contribution in [0.3, 0.4) is 0 Å². The fraction of sp³-hybridized carbons (Fsp3) is 0.107. The molecule has 0 aliphatic rings. The maximum Gasteiger partial charge on any atom is 0.294 e. The van der Waals surface area contributed by atoms with E-state index in [9.17, 15) is 18.3 Å². The number of carbonyl (C=O) groups is 1. The molecule has 0 unspecified atom stereocenters. The van der Waals surface area contributed by atoms with Crippen LogP contribution in [-0.4, -0.2) is 38.1 Å². The molecule has 0 aliphatic carbocycles. The summed E-state index contributed by atoms with van der Waals surface area (Å²) < 4.78 is 36.8. The first-order valence-corrected chi connectivity index (χ1v) is 13.4. The van der Waals surface area contributed by atoms with Crippen LogP contribution in [0.5, 0.6) is 11.5 Å². The Balaban J connectivity index is 1.41. The normalized spacial score (nSPS) is 11.3. The molecule has 0 radical (unpaired) electrons. The number of aromatic hydroxyl groups is 1. The average molecular weight is 562 g/mol. The second-order valence-electron chi connectivity index (χ2n) is 8.72. The first kappa shape index (κ1) is 28.1. The third-order valence-electron chi connectivity index (χ3n) is 5.86. The van der Waals surface area contributed by atoms with Crippen LogP contribution in [0.1, 0.15) is 15.9 Å². The predicted molar refractivity (Wildman–Crippen MR) is 153 cm³/mol. The Bertz CT molecular complexity index is 1660. The molecule has 4 rings (SSSR count). The summed E-state index contributed by atoms with van der Waals surface area (Å²) >= 11 is 0. The number of phenols is 1. The van der Waals surface area contributed by atoms with Gasteiger partial charge in [-0.2, -0.15) is 18.6 Å². The number of hydrogen-bond acceptors (Lipinski definition) is 9. The van der Waals surface area contributed by atoms with Crippen LogP contribution < -0.4 is 20.5 Å². The number of nitrogens with zero attached hydrogens (tertiary/aromatic N) is 3. The van der Waals surface area contributed by atoms with Crippen LogP contribution in [-0.2, 0) is 10.1 Å². The topological polar surface area (TPSA) is 153 Å². The van der Waals surface area contributed by atoms with Gasteiger partial charge in [-0.15, -0.1) is 0 Å². The number of anilines is 3. The second kappa shape index (κ2) is 11.8. The molecular weight excluding hydrogens is 534 g/mol. The van der Waals surface area contributed by atoms with Gasteiger partial charge in [0.15, 0.2) is 0 Å². The van der Waals surface area contributed by atoms with Crippen molar-refractivity contribution in [3.63, 3.8) is 0 Å². The number of rotatable bonds is 9. The van der Waals surface area contributed by atoms with Crippen molar-refractivity contribution in [2.24, 2.45) is 10.2 Å². The van der Waals surface area contributed by atoms with Crippen molar-refractivity contribution in [3.8, 4) is 11.5 Å². The van der Waals surface area contributed by atoms with Crippen molar-refractivity contribution >= 4 is 44.5 Å². The van der Waals surface area contributed by atoms with Gasteiger partial charge in [-0.25, -0.2) is 0 Å². The summed E-state index contributed by atoms with van der Waals surface area (Å²) in [5.41, 5.74) is 7.50. The number of methoxy groups -OCH3 is 1. The molecular formula is C28H27N5O6S. The van der Waals surface area contributed by atoms with Crippen molar-refractivity contribution in [2.75, 3.05) is 29.9 Å². The third kappa shape index (κ3) is 6.92. The molecule has 206 valence electrons. The molecule has 0 aromatic heterocycles. The number of nitrogens with one attached hydrogen (secondary N) is 2. The molecule has 0 spiro atoms. The van der Waals surface area contributed by atoms with Gasteiger partial charge in [0.1, 0.15) is 11.5 Å². The van der Waals surface area contributed by atoms with Gasteiger partial charge in [-0.1, -0.05) is 0 Å². The number of amides is 1. The molecule has 40 heavy (non-hydrogen) atoms. The third-order valence-corrected chi connectivity index (χ3v) is 6.73. The van der Waals surface area contributed by atoms with E-state index in [2.05, 4.69) is 21.0 Å². The first-order valence-electron chi connectivity index (χ1n) is 11.9. The van der Waals surface area contributed by atoms with Crippen LogP contribution >= 0.6 is 0 Å². The maximum atomic E-state index is 12.9. The van der Waals surface area contributed by atoms with Gasteiger partial charge in [-0.05, 0) is 91.3 Å². The lowest BCUT2D eigenvalue weighted by atomic mass is 10.1. The molecule has 12 heteroatoms. The standard InChI is InChI=1S/C28H27N5O6S/c1-18-16-23(34)11-15-25(18)32-33(2)22-9-4-19(5-10-22)28(35)29-26-14-8-21(17-27(26)39-3)31-30-20-6-12-24(13-7-20)40(36,37)38/h4-17,32,34H,1-3H3,(H,29,35)(H,36,37,38). The van der Waals surface area contributed by atoms with Gasteiger partial charge in [0, 0.05) is 18.7 Å². The van der Waals surface area contributed by atoms with E-state index < -0.39 is 10.1 Å². The molecule has 0 aliphatic heterocycles. The lowest BCUT2D eigenvalue weighted by molar-refractivity contribution is 0.102. The summed E-state index contributed by atoms with van der Waals surface area (Å²) in [6.07, 6.45) is 0. The van der Waals surface area contributed by atoms with Crippen molar-refractivity contribution in [3.05, 3.63) is 96.1 Å². The lowest BCUT2D eigenvalue weighted by Crippen LogP contribution is -2.25. The Labute approximate surface area is 231 Å². The number of hydrazine groups is 1. The Morgan fingerprint density at radius 1 is 0.875 bits per heavy atom. The van der Waals surface area contributed by atoms with Gasteiger partial charge in [0.05, 0.1) is 40.4 Å². The molecule has 1 amide bonds. The molecule has 0 bridgehead atoms. The fourth-order valence-electron chi connectivity index (χ4n) is 3.70. The number of carbonyl (C=O) groups excluding carboxylic acids is 1. The lowest BCUT2D eigenvalue weighted by Gasteiger charge is -2.23. The zero-order valence-corrected chi connectivity index (χ0v) is 22.7. The van der Waals surface area contributed by atoms with Crippen LogP contribution in [0.25, 0.3) is 0 Å². The minimum Gasteiger partial charge on any atom is -0.508 e. The van der Waals surface area contributed by atoms with E-state index in [1.165, 1.54) is 31.4 Å². The Morgan fingerprint density at radius 3 is 2.12 bits per heavy atom. The SMILES string of the molecule is COc1cc(N=Nc2ccc(S(=O)(=O)O)cc2)ccc1NC(=O)c1ccc(N(C)Nc2ccc(O)cc2C)cc1. The monoisotopic (exact) mass is 561 g/mol. The minimum absolute atomic E-state index is 0.197. The van der Waals surface area contributed by atoms with Crippen LogP contribution in [0.2, 0.25) is 0 Å². The highest BCUT2D eigenvalue weighted by Gasteiger charge is 2.12. The summed E-state index contributed by atoms with van der Waals surface area (Å²) in [7, 11) is -0.974. The number of hydrogen-bond donors (Lipinski definition) is 4. The summed E-state index contributed by atoms with van der Waals surface area (Å²) in [4.78, 5) is 12.7. The highest BCUT2D eigenvalue weighted by molar-refractivity contribution is 7.85. The molecule has 4 aromatic rings. The molecule has 0 atom stereocenters. The van der Waals surface area contributed by atoms with E-state index in [1.54, 1.807) is 65.7 Å². The van der Waals surface area contributed by atoms with Crippen LogP contribution in [0.15, 0.2) is 100 Å². The summed E-state index contributed by atoms with van der Waals surface area (Å²) in [6.45, 7) is 1.89. The second-order valence-corrected chi connectivity index (χ2v) is 10.1.